The van der Waals surface area contributed by atoms with E-state index in [0.717, 1.165) is 27.8 Å². The van der Waals surface area contributed by atoms with Gasteiger partial charge in [0.15, 0.2) is 0 Å². The third kappa shape index (κ3) is 5.38. The zero-order valence-electron chi connectivity index (χ0n) is 20.6. The van der Waals surface area contributed by atoms with Crippen LogP contribution in [0.25, 0.3) is 11.1 Å². The van der Waals surface area contributed by atoms with Crippen LogP contribution in [0.15, 0.2) is 83.3 Å². The van der Waals surface area contributed by atoms with Crippen molar-refractivity contribution >= 4 is 23.7 Å². The van der Waals surface area contributed by atoms with E-state index in [1.54, 1.807) is 18.2 Å². The van der Waals surface area contributed by atoms with E-state index < -0.39 is 18.1 Å². The number of aryl methyl sites for hydroxylation is 1. The Hall–Kier alpha value is -4.23. The van der Waals surface area contributed by atoms with E-state index in [0.29, 0.717) is 22.3 Å². The molecule has 1 aliphatic carbocycles. The SMILES string of the molecule is Cc1cccc(Cl)c1OCc1ccc(CC(NC(=O)OCC2c3ccccc3-c3ccccc32)C(=O)O)o1. The quantitative estimate of drug-likeness (QED) is 0.261. The summed E-state index contributed by atoms with van der Waals surface area (Å²) in [5.41, 5.74) is 5.27. The monoisotopic (exact) mass is 531 g/mol. The van der Waals surface area contributed by atoms with Gasteiger partial charge in [-0.25, -0.2) is 9.59 Å². The average Bonchev–Trinajstić information content (AvgIpc) is 3.49. The van der Waals surface area contributed by atoms with Crippen LogP contribution in [-0.2, 0) is 22.6 Å². The Morgan fingerprint density at radius 3 is 2.26 bits per heavy atom. The van der Waals surface area contributed by atoms with Gasteiger partial charge in [0, 0.05) is 12.3 Å². The standard InChI is InChI=1S/C30H26ClNO6/c1-18-7-6-12-26(31)28(18)36-16-20-14-13-19(38-20)15-27(29(33)34)32-30(35)37-17-25-23-10-4-2-8-21(23)22-9-3-5-11-24(22)25/h2-14,25,27H,15-17H2,1H3,(H,32,35)(H,33,34). The molecule has 0 saturated heterocycles. The topological polar surface area (TPSA) is 98.0 Å². The van der Waals surface area contributed by atoms with E-state index in [-0.39, 0.29) is 25.6 Å². The Bertz CT molecular complexity index is 1410. The second-order valence-corrected chi connectivity index (χ2v) is 9.51. The molecule has 1 heterocycles. The van der Waals surface area contributed by atoms with Crippen molar-refractivity contribution < 1.29 is 28.6 Å². The molecule has 0 bridgehead atoms. The summed E-state index contributed by atoms with van der Waals surface area (Å²) in [7, 11) is 0. The third-order valence-corrected chi connectivity index (χ3v) is 6.88. The third-order valence-electron chi connectivity index (χ3n) is 6.58. The maximum atomic E-state index is 12.6. The van der Waals surface area contributed by atoms with Gasteiger partial charge in [-0.3, -0.25) is 0 Å². The van der Waals surface area contributed by atoms with Crippen molar-refractivity contribution in [2.75, 3.05) is 6.61 Å². The summed E-state index contributed by atoms with van der Waals surface area (Å²) in [6.07, 6.45) is -0.853. The summed E-state index contributed by atoms with van der Waals surface area (Å²) in [5, 5.41) is 12.6. The van der Waals surface area contributed by atoms with Gasteiger partial charge in [0.25, 0.3) is 0 Å². The zero-order chi connectivity index (χ0) is 26.6. The lowest BCUT2D eigenvalue weighted by Crippen LogP contribution is -2.42. The molecule has 0 saturated carbocycles. The second-order valence-electron chi connectivity index (χ2n) is 9.11. The summed E-state index contributed by atoms with van der Waals surface area (Å²) in [5.74, 6) is 0.146. The highest BCUT2D eigenvalue weighted by atomic mass is 35.5. The highest BCUT2D eigenvalue weighted by molar-refractivity contribution is 6.32. The molecular weight excluding hydrogens is 506 g/mol. The van der Waals surface area contributed by atoms with Gasteiger partial charge in [-0.1, -0.05) is 72.3 Å². The van der Waals surface area contributed by atoms with Crippen molar-refractivity contribution in [1.82, 2.24) is 5.32 Å². The molecule has 1 atom stereocenters. The molecule has 2 N–H and O–H groups in total. The number of alkyl carbamates (subject to hydrolysis) is 1. The van der Waals surface area contributed by atoms with Crippen LogP contribution in [0, 0.1) is 6.92 Å². The van der Waals surface area contributed by atoms with Crippen molar-refractivity contribution in [2.24, 2.45) is 0 Å². The maximum Gasteiger partial charge on any atom is 0.407 e. The van der Waals surface area contributed by atoms with Crippen LogP contribution in [-0.4, -0.2) is 29.8 Å². The van der Waals surface area contributed by atoms with Gasteiger partial charge in [-0.15, -0.1) is 0 Å². The first-order chi connectivity index (χ1) is 18.4. The minimum Gasteiger partial charge on any atom is -0.484 e. The molecule has 4 aromatic rings. The molecule has 0 fully saturated rings. The molecule has 0 spiro atoms. The predicted molar refractivity (Wildman–Crippen MR) is 143 cm³/mol. The molecule has 0 aliphatic heterocycles. The molecule has 1 unspecified atom stereocenters. The van der Waals surface area contributed by atoms with E-state index >= 15 is 0 Å². The number of carbonyl (C=O) groups excluding carboxylic acids is 1. The van der Waals surface area contributed by atoms with Crippen molar-refractivity contribution in [3.63, 3.8) is 0 Å². The van der Waals surface area contributed by atoms with Crippen LogP contribution < -0.4 is 10.1 Å². The molecule has 194 valence electrons. The minimum absolute atomic E-state index is 0.0509. The van der Waals surface area contributed by atoms with Gasteiger partial charge >= 0.3 is 12.1 Å². The fraction of sp³-hybridized carbons (Fsp3) is 0.200. The zero-order valence-corrected chi connectivity index (χ0v) is 21.4. The number of furan rings is 1. The highest BCUT2D eigenvalue weighted by Crippen LogP contribution is 2.44. The van der Waals surface area contributed by atoms with E-state index in [1.807, 2.05) is 67.6 Å². The molecule has 7 nitrogen and oxygen atoms in total. The number of halogens is 1. The molecule has 0 radical (unpaired) electrons. The van der Waals surface area contributed by atoms with Crippen molar-refractivity contribution in [2.45, 2.75) is 31.9 Å². The highest BCUT2D eigenvalue weighted by Gasteiger charge is 2.30. The van der Waals surface area contributed by atoms with Crippen LogP contribution in [0.5, 0.6) is 5.75 Å². The number of fused-ring (bicyclic) bond motifs is 3. The Morgan fingerprint density at radius 2 is 1.61 bits per heavy atom. The summed E-state index contributed by atoms with van der Waals surface area (Å²) in [4.78, 5) is 24.5. The van der Waals surface area contributed by atoms with E-state index in [9.17, 15) is 14.7 Å². The number of hydrogen-bond acceptors (Lipinski definition) is 5. The summed E-state index contributed by atoms with van der Waals surface area (Å²) in [6, 6.07) is 23.6. The van der Waals surface area contributed by atoms with Gasteiger partial charge < -0.3 is 24.3 Å². The Kier molecular flexibility index (Phi) is 7.38. The first-order valence-electron chi connectivity index (χ1n) is 12.2. The predicted octanol–water partition coefficient (Wildman–Crippen LogP) is 6.35. The van der Waals surface area contributed by atoms with Gasteiger partial charge in [0.1, 0.15) is 36.5 Å². The van der Waals surface area contributed by atoms with Crippen molar-refractivity contribution in [3.05, 3.63) is 112 Å². The summed E-state index contributed by atoms with van der Waals surface area (Å²) >= 11 is 6.20. The number of amides is 1. The molecule has 8 heteroatoms. The van der Waals surface area contributed by atoms with E-state index in [4.69, 9.17) is 25.5 Å². The van der Waals surface area contributed by atoms with Gasteiger partial charge in [-0.05, 0) is 52.9 Å². The number of rotatable bonds is 9. The minimum atomic E-state index is -1.23. The lowest BCUT2D eigenvalue weighted by atomic mass is 9.98. The van der Waals surface area contributed by atoms with Crippen LogP contribution in [0.1, 0.15) is 34.1 Å². The molecule has 1 aromatic heterocycles. The van der Waals surface area contributed by atoms with Gasteiger partial charge in [-0.2, -0.15) is 0 Å². The van der Waals surface area contributed by atoms with E-state index in [2.05, 4.69) is 5.32 Å². The number of ether oxygens (including phenoxy) is 2. The number of benzene rings is 3. The number of carbonyl (C=O) groups is 2. The number of carboxylic acid groups (broad SMARTS) is 1. The van der Waals surface area contributed by atoms with E-state index in [1.165, 1.54) is 0 Å². The fourth-order valence-electron chi connectivity index (χ4n) is 4.74. The first-order valence-corrected chi connectivity index (χ1v) is 12.6. The van der Waals surface area contributed by atoms with Crippen LogP contribution in [0.2, 0.25) is 5.02 Å². The number of para-hydroxylation sites is 1. The number of hydrogen-bond donors (Lipinski definition) is 2. The summed E-state index contributed by atoms with van der Waals surface area (Å²) in [6.45, 7) is 2.11. The molecule has 1 amide bonds. The van der Waals surface area contributed by atoms with Crippen LogP contribution >= 0.6 is 11.6 Å². The Balaban J connectivity index is 1.18. The molecule has 3 aromatic carbocycles. The molecule has 5 rings (SSSR count). The lowest BCUT2D eigenvalue weighted by Gasteiger charge is -2.17. The van der Waals surface area contributed by atoms with Crippen molar-refractivity contribution in [1.29, 1.82) is 0 Å². The average molecular weight is 532 g/mol. The smallest absolute Gasteiger partial charge is 0.407 e. The second kappa shape index (κ2) is 11.0. The summed E-state index contributed by atoms with van der Waals surface area (Å²) < 4.78 is 17.0. The van der Waals surface area contributed by atoms with Crippen LogP contribution in [0.4, 0.5) is 4.79 Å². The fourth-order valence-corrected chi connectivity index (χ4v) is 5.01. The van der Waals surface area contributed by atoms with Crippen molar-refractivity contribution in [3.8, 4) is 16.9 Å². The number of nitrogens with one attached hydrogen (secondary N) is 1. The van der Waals surface area contributed by atoms with Gasteiger partial charge in [0.05, 0.1) is 5.02 Å². The number of aliphatic carboxylic acids is 1. The Morgan fingerprint density at radius 1 is 0.947 bits per heavy atom. The molecule has 38 heavy (non-hydrogen) atoms. The largest absolute Gasteiger partial charge is 0.484 e. The first kappa shape index (κ1) is 25.4. The maximum absolute atomic E-state index is 12.6. The Labute approximate surface area is 225 Å². The van der Waals surface area contributed by atoms with Gasteiger partial charge in [0.2, 0.25) is 0 Å². The molecule has 1 aliphatic rings. The molecular formula is C30H26ClNO6. The lowest BCUT2D eigenvalue weighted by molar-refractivity contribution is -0.139. The van der Waals surface area contributed by atoms with Crippen LogP contribution in [0.3, 0.4) is 0 Å². The number of carboxylic acids is 1. The normalized spacial score (nSPS) is 12.9.